The number of aromatic hydroxyl groups is 1. The first kappa shape index (κ1) is 18.3. The highest BCUT2D eigenvalue weighted by molar-refractivity contribution is 6.05. The van der Waals surface area contributed by atoms with Crippen molar-refractivity contribution in [3.63, 3.8) is 0 Å². The SMILES string of the molecule is CC1(CO/C(C(=O)Nc2cccc(O)c2)=C(/C=N)N2CCNCC2)CC1. The second-order valence-electron chi connectivity index (χ2n) is 7.20. The number of hydrogen-bond acceptors (Lipinski definition) is 6. The largest absolute Gasteiger partial charge is 0.508 e. The number of phenols is 1. The van der Waals surface area contributed by atoms with Gasteiger partial charge in [0.05, 0.1) is 6.61 Å². The number of rotatable bonds is 7. The van der Waals surface area contributed by atoms with Gasteiger partial charge >= 0.3 is 0 Å². The summed E-state index contributed by atoms with van der Waals surface area (Å²) in [6.07, 6.45) is 3.36. The molecule has 1 saturated carbocycles. The van der Waals surface area contributed by atoms with Crippen LogP contribution in [0.15, 0.2) is 35.7 Å². The van der Waals surface area contributed by atoms with E-state index in [-0.39, 0.29) is 16.9 Å². The van der Waals surface area contributed by atoms with Crippen LogP contribution in [0.4, 0.5) is 5.69 Å². The fraction of sp³-hybridized carbons (Fsp3) is 0.474. The van der Waals surface area contributed by atoms with E-state index >= 15 is 0 Å². The molecule has 1 aliphatic carbocycles. The number of hydrogen-bond donors (Lipinski definition) is 4. The molecule has 2 aliphatic rings. The monoisotopic (exact) mass is 358 g/mol. The van der Waals surface area contributed by atoms with Crippen LogP contribution in [0.25, 0.3) is 0 Å². The van der Waals surface area contributed by atoms with Crippen LogP contribution in [0, 0.1) is 10.8 Å². The van der Waals surface area contributed by atoms with Crippen LogP contribution in [0.2, 0.25) is 0 Å². The lowest BCUT2D eigenvalue weighted by molar-refractivity contribution is -0.116. The maximum atomic E-state index is 12.9. The number of carbonyl (C=O) groups is 1. The molecule has 7 heteroatoms. The highest BCUT2D eigenvalue weighted by atomic mass is 16.5. The minimum Gasteiger partial charge on any atom is -0.508 e. The first-order valence-corrected chi connectivity index (χ1v) is 8.94. The van der Waals surface area contributed by atoms with Gasteiger partial charge in [-0.2, -0.15) is 0 Å². The number of anilines is 1. The minimum absolute atomic E-state index is 0.0779. The van der Waals surface area contributed by atoms with Crippen molar-refractivity contribution in [3.8, 4) is 5.75 Å². The molecular weight excluding hydrogens is 332 g/mol. The first-order valence-electron chi connectivity index (χ1n) is 8.94. The van der Waals surface area contributed by atoms with E-state index in [1.807, 2.05) is 4.90 Å². The van der Waals surface area contributed by atoms with Gasteiger partial charge in [-0.1, -0.05) is 13.0 Å². The van der Waals surface area contributed by atoms with E-state index in [9.17, 15) is 9.90 Å². The van der Waals surface area contributed by atoms with Crippen LogP contribution in [0.3, 0.4) is 0 Å². The number of nitrogens with one attached hydrogen (secondary N) is 3. The van der Waals surface area contributed by atoms with Crippen LogP contribution in [-0.2, 0) is 9.53 Å². The molecule has 0 radical (unpaired) electrons. The predicted molar refractivity (Wildman–Crippen MR) is 100 cm³/mol. The zero-order valence-corrected chi connectivity index (χ0v) is 15.0. The lowest BCUT2D eigenvalue weighted by Gasteiger charge is -2.31. The third-order valence-corrected chi connectivity index (χ3v) is 4.81. The zero-order chi connectivity index (χ0) is 18.6. The van der Waals surface area contributed by atoms with Gasteiger partial charge < -0.3 is 30.8 Å². The average Bonchev–Trinajstić information content (AvgIpc) is 3.37. The number of carbonyl (C=O) groups excluding carboxylic acids is 1. The number of allylic oxidation sites excluding steroid dienone is 1. The number of phenolic OH excluding ortho intramolecular Hbond substituents is 1. The zero-order valence-electron chi connectivity index (χ0n) is 15.0. The first-order chi connectivity index (χ1) is 12.5. The normalized spacial score (nSPS) is 19.3. The Hall–Kier alpha value is -2.54. The molecule has 140 valence electrons. The quantitative estimate of drug-likeness (QED) is 0.339. The molecule has 26 heavy (non-hydrogen) atoms. The van der Waals surface area contributed by atoms with Gasteiger partial charge in [-0.25, -0.2) is 0 Å². The molecule has 1 heterocycles. The second kappa shape index (κ2) is 7.78. The highest BCUT2D eigenvalue weighted by Gasteiger charge is 2.39. The van der Waals surface area contributed by atoms with E-state index in [1.165, 1.54) is 12.3 Å². The molecule has 0 aromatic heterocycles. The molecule has 1 amide bonds. The maximum Gasteiger partial charge on any atom is 0.293 e. The van der Waals surface area contributed by atoms with Gasteiger partial charge in [0.25, 0.3) is 5.91 Å². The molecule has 0 unspecified atom stereocenters. The second-order valence-corrected chi connectivity index (χ2v) is 7.20. The van der Waals surface area contributed by atoms with E-state index in [2.05, 4.69) is 17.6 Å². The molecule has 1 aromatic rings. The summed E-state index contributed by atoms with van der Waals surface area (Å²) in [6.45, 7) is 5.63. The van der Waals surface area contributed by atoms with Crippen molar-refractivity contribution >= 4 is 17.8 Å². The van der Waals surface area contributed by atoms with Crippen LogP contribution in [-0.4, -0.2) is 54.9 Å². The number of benzene rings is 1. The molecule has 1 aliphatic heterocycles. The maximum absolute atomic E-state index is 12.9. The van der Waals surface area contributed by atoms with Crippen LogP contribution in [0.5, 0.6) is 5.75 Å². The Balaban J connectivity index is 1.83. The third kappa shape index (κ3) is 4.54. The number of piperazine rings is 1. The molecule has 1 aromatic carbocycles. The summed E-state index contributed by atoms with van der Waals surface area (Å²) in [5.41, 5.74) is 1.10. The van der Waals surface area contributed by atoms with E-state index in [0.717, 1.165) is 25.9 Å². The van der Waals surface area contributed by atoms with E-state index < -0.39 is 5.91 Å². The highest BCUT2D eigenvalue weighted by Crippen LogP contribution is 2.45. The summed E-state index contributed by atoms with van der Waals surface area (Å²) in [6, 6.07) is 6.38. The fourth-order valence-corrected chi connectivity index (χ4v) is 2.84. The molecule has 3 rings (SSSR count). The van der Waals surface area contributed by atoms with Gasteiger partial charge in [-0.3, -0.25) is 4.79 Å². The van der Waals surface area contributed by atoms with Gasteiger partial charge in [0.2, 0.25) is 5.76 Å². The third-order valence-electron chi connectivity index (χ3n) is 4.81. The molecule has 0 atom stereocenters. The van der Waals surface area contributed by atoms with Crippen molar-refractivity contribution < 1.29 is 14.6 Å². The molecular formula is C19H26N4O3. The predicted octanol–water partition coefficient (Wildman–Crippen LogP) is 1.91. The Bertz CT molecular complexity index is 706. The molecule has 0 bridgehead atoms. The summed E-state index contributed by atoms with van der Waals surface area (Å²) in [4.78, 5) is 14.9. The Labute approximate surface area is 153 Å². The smallest absolute Gasteiger partial charge is 0.293 e. The fourth-order valence-electron chi connectivity index (χ4n) is 2.84. The van der Waals surface area contributed by atoms with Crippen molar-refractivity contribution in [1.29, 1.82) is 5.41 Å². The summed E-state index contributed by atoms with van der Waals surface area (Å²) in [5.74, 6) is -0.163. The standard InChI is InChI=1S/C19H26N4O3/c1-19(5-6-19)13-26-17(16(12-20)23-9-7-21-8-10-23)18(25)22-14-3-2-4-15(24)11-14/h2-4,11-12,20-21,24H,5-10,13H2,1H3,(H,22,25)/b17-16-,20-12?. The topological polar surface area (TPSA) is 97.7 Å². The van der Waals surface area contributed by atoms with Crippen molar-refractivity contribution in [1.82, 2.24) is 10.2 Å². The van der Waals surface area contributed by atoms with E-state index in [1.54, 1.807) is 18.2 Å². The van der Waals surface area contributed by atoms with E-state index in [4.69, 9.17) is 10.1 Å². The van der Waals surface area contributed by atoms with Crippen molar-refractivity contribution in [3.05, 3.63) is 35.7 Å². The van der Waals surface area contributed by atoms with Gasteiger partial charge in [-0.15, -0.1) is 0 Å². The summed E-state index contributed by atoms with van der Waals surface area (Å²) < 4.78 is 5.93. The van der Waals surface area contributed by atoms with Crippen LogP contribution >= 0.6 is 0 Å². The van der Waals surface area contributed by atoms with Crippen molar-refractivity contribution in [2.75, 3.05) is 38.1 Å². The summed E-state index contributed by atoms with van der Waals surface area (Å²) >= 11 is 0. The average molecular weight is 358 g/mol. The molecule has 2 fully saturated rings. The van der Waals surface area contributed by atoms with E-state index in [0.29, 0.717) is 31.1 Å². The molecule has 0 spiro atoms. The molecule has 1 saturated heterocycles. The minimum atomic E-state index is -0.406. The lowest BCUT2D eigenvalue weighted by atomic mass is 10.2. The Morgan fingerprint density at radius 3 is 2.77 bits per heavy atom. The van der Waals surface area contributed by atoms with Crippen LogP contribution in [0.1, 0.15) is 19.8 Å². The summed E-state index contributed by atoms with van der Waals surface area (Å²) in [5, 5.41) is 23.5. The van der Waals surface area contributed by atoms with Crippen molar-refractivity contribution in [2.45, 2.75) is 19.8 Å². The molecule has 7 nitrogen and oxygen atoms in total. The van der Waals surface area contributed by atoms with Crippen LogP contribution < -0.4 is 10.6 Å². The lowest BCUT2D eigenvalue weighted by Crippen LogP contribution is -2.44. The van der Waals surface area contributed by atoms with Crippen molar-refractivity contribution in [2.24, 2.45) is 5.41 Å². The Kier molecular flexibility index (Phi) is 5.46. The van der Waals surface area contributed by atoms with Gasteiger partial charge in [0.1, 0.15) is 11.4 Å². The van der Waals surface area contributed by atoms with Gasteiger partial charge in [-0.05, 0) is 25.0 Å². The van der Waals surface area contributed by atoms with Gasteiger partial charge in [0, 0.05) is 49.6 Å². The number of amides is 1. The Morgan fingerprint density at radius 2 is 2.15 bits per heavy atom. The number of ether oxygens (including phenoxy) is 1. The Morgan fingerprint density at radius 1 is 1.42 bits per heavy atom. The number of nitrogens with zero attached hydrogens (tertiary/aromatic N) is 1. The molecule has 4 N–H and O–H groups in total. The summed E-state index contributed by atoms with van der Waals surface area (Å²) in [7, 11) is 0. The van der Waals surface area contributed by atoms with Gasteiger partial charge in [0.15, 0.2) is 0 Å².